The molecule has 2 aromatic carbocycles. The maximum absolute atomic E-state index is 13.3. The maximum Gasteiger partial charge on any atom is 0.273 e. The van der Waals surface area contributed by atoms with E-state index in [1.165, 1.54) is 23.5 Å². The maximum atomic E-state index is 13.3. The summed E-state index contributed by atoms with van der Waals surface area (Å²) in [5.41, 5.74) is 0.914. The van der Waals surface area contributed by atoms with Gasteiger partial charge in [0.25, 0.3) is 5.69 Å². The molecule has 0 aromatic heterocycles. The number of aryl methyl sites for hydroxylation is 1. The minimum Gasteiger partial charge on any atom is -0.497 e. The molecule has 0 bridgehead atoms. The molecule has 28 heavy (non-hydrogen) atoms. The van der Waals surface area contributed by atoms with Gasteiger partial charge in [0.1, 0.15) is 11.5 Å². The SMILES string of the molecule is COc1ccc(OC)c(C2CCCN2S(=O)(=O)c2ccc(C)c([N+](=O)[O-])c2)c1. The highest BCUT2D eigenvalue weighted by molar-refractivity contribution is 7.89. The fourth-order valence-corrected chi connectivity index (χ4v) is 5.21. The molecule has 150 valence electrons. The highest BCUT2D eigenvalue weighted by atomic mass is 32.2. The summed E-state index contributed by atoms with van der Waals surface area (Å²) in [7, 11) is -0.849. The second-order valence-corrected chi connectivity index (χ2v) is 8.48. The third-order valence-electron chi connectivity index (χ3n) is 4.98. The van der Waals surface area contributed by atoms with Crippen molar-refractivity contribution >= 4 is 15.7 Å². The number of nitro groups is 1. The van der Waals surface area contributed by atoms with E-state index in [-0.39, 0.29) is 10.6 Å². The summed E-state index contributed by atoms with van der Waals surface area (Å²) in [5, 5.41) is 11.2. The molecule has 0 amide bonds. The Balaban J connectivity index is 2.06. The van der Waals surface area contributed by atoms with Crippen LogP contribution < -0.4 is 9.47 Å². The second kappa shape index (κ2) is 7.76. The zero-order valence-corrected chi connectivity index (χ0v) is 16.7. The lowest BCUT2D eigenvalue weighted by atomic mass is 10.0. The van der Waals surface area contributed by atoms with Crippen molar-refractivity contribution in [3.05, 3.63) is 57.6 Å². The van der Waals surface area contributed by atoms with Gasteiger partial charge >= 0.3 is 0 Å². The minimum atomic E-state index is -3.92. The summed E-state index contributed by atoms with van der Waals surface area (Å²) in [5.74, 6) is 1.17. The van der Waals surface area contributed by atoms with E-state index in [1.807, 2.05) is 0 Å². The Kier molecular flexibility index (Phi) is 5.57. The van der Waals surface area contributed by atoms with Gasteiger partial charge in [-0.25, -0.2) is 8.42 Å². The summed E-state index contributed by atoms with van der Waals surface area (Å²) in [6, 6.07) is 8.83. The van der Waals surface area contributed by atoms with Crippen molar-refractivity contribution in [2.75, 3.05) is 20.8 Å². The van der Waals surface area contributed by atoms with Gasteiger partial charge in [-0.1, -0.05) is 6.07 Å². The molecule has 0 N–H and O–H groups in total. The van der Waals surface area contributed by atoms with Gasteiger partial charge in [-0.15, -0.1) is 0 Å². The number of nitrogens with zero attached hydrogens (tertiary/aromatic N) is 2. The second-order valence-electron chi connectivity index (χ2n) is 6.59. The number of rotatable bonds is 6. The lowest BCUT2D eigenvalue weighted by Crippen LogP contribution is -2.31. The van der Waals surface area contributed by atoms with Gasteiger partial charge in [0.2, 0.25) is 10.0 Å². The first-order valence-corrected chi connectivity index (χ1v) is 10.2. The van der Waals surface area contributed by atoms with Crippen LogP contribution in [0.1, 0.15) is 30.0 Å². The topological polar surface area (TPSA) is 99.0 Å². The molecule has 2 aromatic rings. The van der Waals surface area contributed by atoms with Gasteiger partial charge in [-0.2, -0.15) is 4.31 Å². The Hall–Kier alpha value is -2.65. The first-order chi connectivity index (χ1) is 13.3. The minimum absolute atomic E-state index is 0.0847. The molecule has 1 heterocycles. The molecular formula is C19H22N2O6S. The van der Waals surface area contributed by atoms with E-state index in [0.29, 0.717) is 42.0 Å². The van der Waals surface area contributed by atoms with Gasteiger partial charge in [0.15, 0.2) is 0 Å². The number of hydrogen-bond acceptors (Lipinski definition) is 6. The van der Waals surface area contributed by atoms with Crippen LogP contribution in [-0.4, -0.2) is 38.4 Å². The lowest BCUT2D eigenvalue weighted by Gasteiger charge is -2.26. The van der Waals surface area contributed by atoms with Crippen molar-refractivity contribution in [3.63, 3.8) is 0 Å². The van der Waals surface area contributed by atoms with Gasteiger partial charge in [-0.05, 0) is 44.0 Å². The molecule has 1 saturated heterocycles. The fourth-order valence-electron chi connectivity index (χ4n) is 3.52. The number of ether oxygens (including phenoxy) is 2. The molecule has 0 spiro atoms. The quantitative estimate of drug-likeness (QED) is 0.538. The molecule has 1 atom stereocenters. The third kappa shape index (κ3) is 3.55. The largest absolute Gasteiger partial charge is 0.497 e. The monoisotopic (exact) mass is 406 g/mol. The average Bonchev–Trinajstić information content (AvgIpc) is 3.18. The van der Waals surface area contributed by atoms with Crippen LogP contribution in [0.5, 0.6) is 11.5 Å². The molecule has 9 heteroatoms. The van der Waals surface area contributed by atoms with Crippen LogP contribution in [0.2, 0.25) is 0 Å². The molecule has 0 aliphatic carbocycles. The summed E-state index contributed by atoms with van der Waals surface area (Å²) < 4.78 is 38.7. The number of nitro benzene ring substituents is 1. The van der Waals surface area contributed by atoms with Crippen molar-refractivity contribution in [3.8, 4) is 11.5 Å². The third-order valence-corrected chi connectivity index (χ3v) is 6.89. The van der Waals surface area contributed by atoms with Gasteiger partial charge in [0, 0.05) is 23.7 Å². The number of hydrogen-bond donors (Lipinski definition) is 0. The van der Waals surface area contributed by atoms with Crippen molar-refractivity contribution in [2.45, 2.75) is 30.7 Å². The molecular weight excluding hydrogens is 384 g/mol. The number of sulfonamides is 1. The average molecular weight is 406 g/mol. The predicted molar refractivity (Wildman–Crippen MR) is 103 cm³/mol. The Morgan fingerprint density at radius 2 is 1.89 bits per heavy atom. The summed E-state index contributed by atoms with van der Waals surface area (Å²) in [6.45, 7) is 1.91. The first kappa shape index (κ1) is 20.1. The lowest BCUT2D eigenvalue weighted by molar-refractivity contribution is -0.385. The normalized spacial score (nSPS) is 17.5. The predicted octanol–water partition coefficient (Wildman–Crippen LogP) is 3.45. The van der Waals surface area contributed by atoms with Gasteiger partial charge < -0.3 is 9.47 Å². The fraction of sp³-hybridized carbons (Fsp3) is 0.368. The highest BCUT2D eigenvalue weighted by Gasteiger charge is 2.38. The van der Waals surface area contributed by atoms with Crippen molar-refractivity contribution < 1.29 is 22.8 Å². The van der Waals surface area contributed by atoms with Crippen LogP contribution >= 0.6 is 0 Å². The number of methoxy groups -OCH3 is 2. The van der Waals surface area contributed by atoms with Crippen LogP contribution in [0.15, 0.2) is 41.3 Å². The van der Waals surface area contributed by atoms with Crippen LogP contribution in [0, 0.1) is 17.0 Å². The molecule has 1 fully saturated rings. The zero-order chi connectivity index (χ0) is 20.5. The van der Waals surface area contributed by atoms with E-state index in [2.05, 4.69) is 0 Å². The number of benzene rings is 2. The van der Waals surface area contributed by atoms with Crippen LogP contribution in [0.4, 0.5) is 5.69 Å². The molecule has 0 saturated carbocycles. The van der Waals surface area contributed by atoms with Crippen molar-refractivity contribution in [1.82, 2.24) is 4.31 Å². The van der Waals surface area contributed by atoms with Crippen molar-refractivity contribution in [1.29, 1.82) is 0 Å². The summed E-state index contributed by atoms with van der Waals surface area (Å²) >= 11 is 0. The summed E-state index contributed by atoms with van der Waals surface area (Å²) in [4.78, 5) is 10.6. The van der Waals surface area contributed by atoms with Crippen LogP contribution in [0.3, 0.4) is 0 Å². The highest BCUT2D eigenvalue weighted by Crippen LogP contribution is 2.42. The molecule has 3 rings (SSSR count). The Bertz CT molecular complexity index is 1010. The van der Waals surface area contributed by atoms with E-state index >= 15 is 0 Å². The van der Waals surface area contributed by atoms with Crippen LogP contribution in [-0.2, 0) is 10.0 Å². The van der Waals surface area contributed by atoms with Gasteiger partial charge in [0.05, 0.1) is 30.1 Å². The standard InChI is InChI=1S/C19H22N2O6S/c1-13-6-8-15(12-18(13)21(22)23)28(24,25)20-10-4-5-17(20)16-11-14(26-2)7-9-19(16)27-3/h6-9,11-12,17H,4-5,10H2,1-3H3. The Morgan fingerprint density at radius 1 is 1.14 bits per heavy atom. The molecule has 0 radical (unpaired) electrons. The van der Waals surface area contributed by atoms with E-state index < -0.39 is 21.0 Å². The molecule has 1 unspecified atom stereocenters. The van der Waals surface area contributed by atoms with E-state index in [0.717, 1.165) is 6.07 Å². The Labute approximate surface area is 163 Å². The first-order valence-electron chi connectivity index (χ1n) is 8.78. The molecule has 1 aliphatic rings. The van der Waals surface area contributed by atoms with Crippen LogP contribution in [0.25, 0.3) is 0 Å². The summed E-state index contributed by atoms with van der Waals surface area (Å²) in [6.07, 6.45) is 1.30. The Morgan fingerprint density at radius 3 is 2.54 bits per heavy atom. The van der Waals surface area contributed by atoms with E-state index in [9.17, 15) is 18.5 Å². The van der Waals surface area contributed by atoms with E-state index in [4.69, 9.17) is 9.47 Å². The smallest absolute Gasteiger partial charge is 0.273 e. The molecule has 1 aliphatic heterocycles. The van der Waals surface area contributed by atoms with E-state index in [1.54, 1.807) is 32.2 Å². The molecule has 8 nitrogen and oxygen atoms in total. The zero-order valence-electron chi connectivity index (χ0n) is 15.9. The van der Waals surface area contributed by atoms with Crippen molar-refractivity contribution in [2.24, 2.45) is 0 Å². The van der Waals surface area contributed by atoms with Gasteiger partial charge in [-0.3, -0.25) is 10.1 Å².